The topological polar surface area (TPSA) is 6.48 Å². The minimum atomic E-state index is -0.648. The number of hydrogen-bond donors (Lipinski definition) is 0. The van der Waals surface area contributed by atoms with Gasteiger partial charge in [0.05, 0.1) is 16.5 Å². The van der Waals surface area contributed by atoms with Crippen molar-refractivity contribution in [1.82, 2.24) is 0 Å². The molecule has 2 spiro atoms. The van der Waals surface area contributed by atoms with E-state index >= 15 is 0 Å². The van der Waals surface area contributed by atoms with Crippen LogP contribution in [-0.2, 0) is 16.2 Å². The molecular formula is C83H56N2. The molecule has 2 nitrogen and oxygen atoms in total. The van der Waals surface area contributed by atoms with Crippen molar-refractivity contribution in [2.75, 3.05) is 9.80 Å². The highest BCUT2D eigenvalue weighted by Gasteiger charge is 2.54. The van der Waals surface area contributed by atoms with Gasteiger partial charge in [-0.2, -0.15) is 0 Å². The number of para-hydroxylation sites is 2. The van der Waals surface area contributed by atoms with E-state index in [9.17, 15) is 0 Å². The quantitative estimate of drug-likeness (QED) is 0.157. The van der Waals surface area contributed by atoms with E-state index in [4.69, 9.17) is 0 Å². The minimum absolute atomic E-state index is 0.181. The third-order valence-corrected chi connectivity index (χ3v) is 19.9. The number of hydrogen-bond acceptors (Lipinski definition) is 2. The van der Waals surface area contributed by atoms with Crippen molar-refractivity contribution in [1.29, 1.82) is 0 Å². The molecule has 13 aromatic carbocycles. The van der Waals surface area contributed by atoms with Crippen LogP contribution in [0.3, 0.4) is 0 Å². The molecule has 0 N–H and O–H groups in total. The van der Waals surface area contributed by atoms with Gasteiger partial charge in [-0.1, -0.05) is 250 Å². The normalized spacial score (nSPS) is 15.6. The van der Waals surface area contributed by atoms with Gasteiger partial charge in [0.15, 0.2) is 0 Å². The first-order valence-electron chi connectivity index (χ1n) is 29.9. The van der Waals surface area contributed by atoms with Crippen LogP contribution >= 0.6 is 0 Å². The number of rotatable bonds is 7. The predicted molar refractivity (Wildman–Crippen MR) is 351 cm³/mol. The summed E-state index contributed by atoms with van der Waals surface area (Å²) >= 11 is 0. The Morgan fingerprint density at radius 2 is 0.518 bits per heavy atom. The Labute approximate surface area is 496 Å². The molecule has 0 fully saturated rings. The van der Waals surface area contributed by atoms with Gasteiger partial charge in [-0.15, -0.1) is 0 Å². The molecule has 0 saturated carbocycles. The molecular weight excluding hydrogens is 1020 g/mol. The Morgan fingerprint density at radius 1 is 0.200 bits per heavy atom. The standard InChI is InChI=1S/C83H56N2/c1-81(2)70-34-16-9-28-60(70)66-45-42-57(50-77(66)81)85(80-40-22-15-27-59(80)53-23-5-3-6-24-53)58-43-47-68-64-32-13-20-38-74(64)83(79(68)52-58)73-37-19-12-31-63(73)67-46-41-56(51-78(67)83)84(54-25-7-4-8-26-54)55-44-48-76-69(49-55)65-33-14-21-39-75(65)82(76)71-35-17-10-29-61(71)62-30-11-18-36-72(62)82/h3-52H,1-2H3. The zero-order valence-corrected chi connectivity index (χ0v) is 47.3. The monoisotopic (exact) mass is 1080 g/mol. The molecule has 0 heterocycles. The van der Waals surface area contributed by atoms with E-state index in [2.05, 4.69) is 327 Å². The lowest BCUT2D eigenvalue weighted by Crippen LogP contribution is -2.26. The lowest BCUT2D eigenvalue weighted by Gasteiger charge is -2.34. The van der Waals surface area contributed by atoms with Gasteiger partial charge in [0.25, 0.3) is 0 Å². The van der Waals surface area contributed by atoms with Crippen LogP contribution in [-0.4, -0.2) is 0 Å². The van der Waals surface area contributed by atoms with E-state index in [1.54, 1.807) is 0 Å². The summed E-state index contributed by atoms with van der Waals surface area (Å²) in [5, 5.41) is 0. The van der Waals surface area contributed by atoms with E-state index in [0.717, 1.165) is 34.1 Å². The summed E-state index contributed by atoms with van der Waals surface area (Å²) < 4.78 is 0. The van der Waals surface area contributed by atoms with E-state index in [1.165, 1.54) is 122 Å². The summed E-state index contributed by atoms with van der Waals surface area (Å²) in [7, 11) is 0. The van der Waals surface area contributed by atoms with Crippen LogP contribution in [0.15, 0.2) is 303 Å². The third-order valence-electron chi connectivity index (χ3n) is 19.9. The molecule has 1 atom stereocenters. The van der Waals surface area contributed by atoms with Gasteiger partial charge in [0, 0.05) is 39.4 Å². The maximum atomic E-state index is 2.55. The van der Waals surface area contributed by atoms with Gasteiger partial charge < -0.3 is 9.80 Å². The van der Waals surface area contributed by atoms with E-state index in [-0.39, 0.29) is 5.41 Å². The third kappa shape index (κ3) is 6.38. The van der Waals surface area contributed by atoms with Gasteiger partial charge in [0.1, 0.15) is 0 Å². The van der Waals surface area contributed by atoms with Crippen molar-refractivity contribution in [3.05, 3.63) is 359 Å². The number of anilines is 6. The van der Waals surface area contributed by atoms with E-state index in [1.807, 2.05) is 0 Å². The first kappa shape index (κ1) is 48.0. The Hall–Kier alpha value is -10.5. The van der Waals surface area contributed by atoms with Gasteiger partial charge in [-0.25, -0.2) is 0 Å². The molecule has 2 heteroatoms. The molecule has 5 aliphatic carbocycles. The summed E-state index contributed by atoms with van der Waals surface area (Å²) in [4.78, 5) is 5.03. The van der Waals surface area contributed by atoms with Crippen LogP contribution in [0.4, 0.5) is 34.1 Å². The average Bonchev–Trinajstić information content (AvgIpc) is 2.00. The molecule has 5 aliphatic rings. The number of fused-ring (bicyclic) bond motifs is 23. The molecule has 0 radical (unpaired) electrons. The largest absolute Gasteiger partial charge is 0.310 e. The van der Waals surface area contributed by atoms with Crippen LogP contribution in [0, 0.1) is 0 Å². The lowest BCUT2D eigenvalue weighted by molar-refractivity contribution is 0.660. The summed E-state index contributed by atoms with van der Waals surface area (Å²) in [5.41, 5.74) is 33.9. The second kappa shape index (κ2) is 17.7. The highest BCUT2D eigenvalue weighted by molar-refractivity contribution is 6.00. The van der Waals surface area contributed by atoms with Gasteiger partial charge in [-0.05, 0) is 184 Å². The van der Waals surface area contributed by atoms with Crippen LogP contribution in [0.25, 0.3) is 66.8 Å². The van der Waals surface area contributed by atoms with Crippen molar-refractivity contribution in [3.8, 4) is 66.8 Å². The van der Waals surface area contributed by atoms with Gasteiger partial charge in [-0.3, -0.25) is 0 Å². The highest BCUT2D eigenvalue weighted by atomic mass is 15.2. The zero-order chi connectivity index (χ0) is 56.2. The molecule has 0 amide bonds. The van der Waals surface area contributed by atoms with Crippen molar-refractivity contribution in [3.63, 3.8) is 0 Å². The molecule has 398 valence electrons. The van der Waals surface area contributed by atoms with Crippen molar-refractivity contribution in [2.45, 2.75) is 30.1 Å². The Morgan fingerprint density at radius 3 is 1.02 bits per heavy atom. The maximum Gasteiger partial charge on any atom is 0.0727 e. The van der Waals surface area contributed by atoms with E-state index in [0.29, 0.717) is 0 Å². The first-order valence-corrected chi connectivity index (χ1v) is 29.9. The smallest absolute Gasteiger partial charge is 0.0727 e. The maximum absolute atomic E-state index is 2.55. The Kier molecular flexibility index (Phi) is 10.0. The molecule has 0 aliphatic heterocycles. The summed E-state index contributed by atoms with van der Waals surface area (Å²) in [6, 6.07) is 115. The first-order chi connectivity index (χ1) is 41.9. The van der Waals surface area contributed by atoms with Crippen molar-refractivity contribution in [2.24, 2.45) is 0 Å². The SMILES string of the molecule is CC1(C)c2ccccc2-c2ccc(N(c3ccc4c(c3)C3(c5ccccc5-c5ccc(N(c6ccccc6)c6ccc7c(c6)-c6ccccc6C76c7ccccc7-c7ccccc76)cc53)c3ccccc3-4)c3ccccc3-c3ccccc3)cc21. The summed E-state index contributed by atoms with van der Waals surface area (Å²) in [6.45, 7) is 4.77. The molecule has 13 aromatic rings. The average molecular weight is 1080 g/mol. The van der Waals surface area contributed by atoms with Crippen molar-refractivity contribution >= 4 is 34.1 Å². The lowest BCUT2D eigenvalue weighted by atomic mass is 9.70. The fourth-order valence-electron chi connectivity index (χ4n) is 16.4. The predicted octanol–water partition coefficient (Wildman–Crippen LogP) is 21.3. The fourth-order valence-corrected chi connectivity index (χ4v) is 16.4. The van der Waals surface area contributed by atoms with Crippen LogP contribution in [0.5, 0.6) is 0 Å². The fraction of sp³-hybridized carbons (Fsp3) is 0.0602. The van der Waals surface area contributed by atoms with Crippen LogP contribution in [0.2, 0.25) is 0 Å². The van der Waals surface area contributed by atoms with Crippen LogP contribution in [0.1, 0.15) is 69.5 Å². The second-order valence-corrected chi connectivity index (χ2v) is 24.2. The van der Waals surface area contributed by atoms with E-state index < -0.39 is 10.8 Å². The summed E-state index contributed by atoms with van der Waals surface area (Å²) in [6.07, 6.45) is 0. The molecule has 18 rings (SSSR count). The molecule has 85 heavy (non-hydrogen) atoms. The van der Waals surface area contributed by atoms with Crippen molar-refractivity contribution < 1.29 is 0 Å². The molecule has 1 unspecified atom stereocenters. The van der Waals surface area contributed by atoms with Gasteiger partial charge in [0.2, 0.25) is 0 Å². The Bertz CT molecular complexity index is 4890. The molecule has 0 saturated heterocycles. The zero-order valence-electron chi connectivity index (χ0n) is 47.3. The second-order valence-electron chi connectivity index (χ2n) is 24.2. The summed E-state index contributed by atoms with van der Waals surface area (Å²) in [5.74, 6) is 0. The minimum Gasteiger partial charge on any atom is -0.310 e. The highest BCUT2D eigenvalue weighted by Crippen LogP contribution is 2.66. The van der Waals surface area contributed by atoms with Crippen LogP contribution < -0.4 is 9.80 Å². The van der Waals surface area contributed by atoms with Gasteiger partial charge >= 0.3 is 0 Å². The Balaban J connectivity index is 0.855. The molecule has 0 bridgehead atoms. The molecule has 0 aromatic heterocycles. The number of benzene rings is 13. The number of nitrogens with zero attached hydrogens (tertiary/aromatic N) is 2.